The Hall–Kier alpha value is -3.84. The van der Waals surface area contributed by atoms with Crippen molar-refractivity contribution in [1.82, 2.24) is 10.2 Å². The summed E-state index contributed by atoms with van der Waals surface area (Å²) in [6.45, 7) is -10.9. The van der Waals surface area contributed by atoms with Crippen LogP contribution in [0.5, 0.6) is 0 Å². The van der Waals surface area contributed by atoms with Crippen LogP contribution in [0.4, 0.5) is 11.4 Å². The van der Waals surface area contributed by atoms with E-state index in [0.29, 0.717) is 40.8 Å². The maximum Gasteiger partial charge on any atom is 0.0643 e. The lowest BCUT2D eigenvalue weighted by Crippen LogP contribution is -2.44. The molecule has 0 spiro atoms. The standard InChI is InChI=1S/C19H22ClN3S.2C4H4O4/c20-15-6-7-19-17(14-15)23(16-4-1-2-5-18(16)24-19)11-3-10-22-12-8-21-9-13-22;2*5-3(6)1-2-4(7)8/h1-2,4-7,14,21H,3,8-13H2;2*1-2H,(H,5,6)(H,7,8)/p-4/b;2*2-1-/i8D2,9D2,12D2,13D2;;. The molecule has 0 bridgehead atoms. The van der Waals surface area contributed by atoms with E-state index >= 15 is 0 Å². The first-order chi connectivity index (χ1) is 22.0. The summed E-state index contributed by atoms with van der Waals surface area (Å²) >= 11 is 7.85. The number of hydrogen-bond acceptors (Lipinski definition) is 12. The zero-order valence-electron chi connectivity index (χ0n) is 28.4. The highest BCUT2D eigenvalue weighted by molar-refractivity contribution is 7.99. The van der Waals surface area contributed by atoms with E-state index in [1.165, 1.54) is 0 Å². The second-order valence-electron chi connectivity index (χ2n) is 7.38. The SMILES string of the molecule is O=C([O-])/C=C\C(=O)[O-].O=C([O-])/C=C\C(=O)[O-].[2H]C1([2H])NC([2H])([2H])C([2H])([2H])N(CCCN2c3ccccc3Sc3ccc(Cl)cc32)C1([2H])[2H]. The lowest BCUT2D eigenvalue weighted by molar-refractivity contribution is -0.301. The maximum absolute atomic E-state index is 9.41. The fourth-order valence-corrected chi connectivity index (χ4v) is 4.31. The van der Waals surface area contributed by atoms with E-state index in [-0.39, 0.29) is 13.0 Å². The van der Waals surface area contributed by atoms with E-state index in [4.69, 9.17) is 22.6 Å². The molecule has 1 N–H and O–H groups in total. The zero-order chi connectivity index (χ0) is 36.7. The van der Waals surface area contributed by atoms with Gasteiger partial charge in [0.2, 0.25) is 0 Å². The van der Waals surface area contributed by atoms with Crippen LogP contribution in [0.1, 0.15) is 17.4 Å². The number of aliphatic carboxylic acids is 4. The molecule has 13 heteroatoms. The highest BCUT2D eigenvalue weighted by Gasteiger charge is 2.23. The van der Waals surface area contributed by atoms with Gasteiger partial charge in [-0.15, -0.1) is 0 Å². The number of nitrogens with zero attached hydrogens (tertiary/aromatic N) is 2. The maximum atomic E-state index is 9.41. The Morgan fingerprint density at radius 2 is 1.35 bits per heavy atom. The molecule has 2 heterocycles. The van der Waals surface area contributed by atoms with E-state index in [9.17, 15) is 39.6 Å². The molecule has 4 rings (SSSR count). The minimum atomic E-state index is -2.78. The van der Waals surface area contributed by atoms with Crippen molar-refractivity contribution in [3.63, 3.8) is 0 Å². The first-order valence-corrected chi connectivity index (χ1v) is 12.3. The smallest absolute Gasteiger partial charge is 0.0643 e. The van der Waals surface area contributed by atoms with E-state index in [1.807, 2.05) is 52.7 Å². The minimum Gasteiger partial charge on any atom is -0.545 e. The molecule has 0 aromatic heterocycles. The largest absolute Gasteiger partial charge is 0.545 e. The Morgan fingerprint density at radius 3 is 1.90 bits per heavy atom. The van der Waals surface area contributed by atoms with Crippen LogP contribution in [0.25, 0.3) is 0 Å². The summed E-state index contributed by atoms with van der Waals surface area (Å²) in [5.74, 6) is -6.19. The Balaban J connectivity index is 0.000000414. The van der Waals surface area contributed by atoms with Crippen LogP contribution in [0.3, 0.4) is 0 Å². The van der Waals surface area contributed by atoms with Crippen molar-refractivity contribution in [2.24, 2.45) is 0 Å². The van der Waals surface area contributed by atoms with Gasteiger partial charge in [-0.3, -0.25) is 0 Å². The fraction of sp³-hybridized carbons (Fsp3) is 0.259. The highest BCUT2D eigenvalue weighted by Crippen LogP contribution is 2.48. The molecule has 2 aliphatic heterocycles. The average Bonchev–Trinajstić information content (AvgIpc) is 2.96. The molecular formula is C27H26ClN3O8S-4. The molecule has 1 fully saturated rings. The van der Waals surface area contributed by atoms with Crippen molar-refractivity contribution in [3.05, 3.63) is 71.8 Å². The first-order valence-electron chi connectivity index (χ1n) is 15.1. The molecule has 0 radical (unpaired) electrons. The molecular weight excluding hydrogens is 562 g/mol. The van der Waals surface area contributed by atoms with Crippen LogP contribution in [-0.2, 0) is 19.2 Å². The number of piperazine rings is 1. The molecule has 2 aromatic carbocycles. The summed E-state index contributed by atoms with van der Waals surface area (Å²) < 4.78 is 64.6. The van der Waals surface area contributed by atoms with Crippen LogP contribution >= 0.6 is 23.4 Å². The molecule has 0 saturated carbocycles. The summed E-state index contributed by atoms with van der Waals surface area (Å²) in [5.41, 5.74) is 1.84. The van der Waals surface area contributed by atoms with Gasteiger partial charge in [0, 0.05) is 58.3 Å². The predicted molar refractivity (Wildman–Crippen MR) is 141 cm³/mol. The van der Waals surface area contributed by atoms with Crippen LogP contribution in [0.2, 0.25) is 5.02 Å². The van der Waals surface area contributed by atoms with Crippen LogP contribution in [0, 0.1) is 0 Å². The molecule has 40 heavy (non-hydrogen) atoms. The number of hydrogen-bond donors (Lipinski definition) is 1. The Kier molecular flexibility index (Phi) is 9.30. The van der Waals surface area contributed by atoms with Gasteiger partial charge in [-0.1, -0.05) is 35.5 Å². The van der Waals surface area contributed by atoms with E-state index < -0.39 is 49.9 Å². The second-order valence-corrected chi connectivity index (χ2v) is 8.90. The van der Waals surface area contributed by atoms with Gasteiger partial charge < -0.3 is 54.7 Å². The number of benzene rings is 2. The van der Waals surface area contributed by atoms with Crippen LogP contribution < -0.4 is 30.6 Å². The molecule has 0 aliphatic carbocycles. The van der Waals surface area contributed by atoms with Crippen molar-refractivity contribution >= 4 is 58.6 Å². The third kappa shape index (κ3) is 11.9. The van der Waals surface area contributed by atoms with Crippen molar-refractivity contribution in [1.29, 1.82) is 0 Å². The van der Waals surface area contributed by atoms with Crippen LogP contribution in [-0.4, -0.2) is 67.9 Å². The van der Waals surface area contributed by atoms with Crippen molar-refractivity contribution in [2.45, 2.75) is 16.2 Å². The normalized spacial score (nSPS) is 22.3. The minimum absolute atomic E-state index is 0.192. The number of halogens is 1. The molecule has 214 valence electrons. The van der Waals surface area contributed by atoms with Gasteiger partial charge in [-0.2, -0.15) is 0 Å². The lowest BCUT2D eigenvalue weighted by Gasteiger charge is -2.34. The van der Waals surface area contributed by atoms with Crippen molar-refractivity contribution in [2.75, 3.05) is 44.0 Å². The summed E-state index contributed by atoms with van der Waals surface area (Å²) in [5, 5.41) is 40.1. The molecule has 2 aliphatic rings. The molecule has 11 nitrogen and oxygen atoms in total. The second kappa shape index (κ2) is 17.0. The molecule has 0 unspecified atom stereocenters. The summed E-state index contributed by atoms with van der Waals surface area (Å²) in [4.78, 5) is 42.4. The third-order valence-electron chi connectivity index (χ3n) is 4.57. The highest BCUT2D eigenvalue weighted by atomic mass is 35.5. The zero-order valence-corrected chi connectivity index (χ0v) is 22.0. The Morgan fingerprint density at radius 1 is 0.825 bits per heavy atom. The first kappa shape index (κ1) is 21.9. The molecule has 0 amide bonds. The Bertz CT molecular complexity index is 1500. The topological polar surface area (TPSA) is 179 Å². The summed E-state index contributed by atoms with van der Waals surface area (Å²) in [6, 6.07) is 13.4. The number of nitrogens with one attached hydrogen (secondary N) is 1. The number of carboxylic acid groups (broad SMARTS) is 4. The lowest BCUT2D eigenvalue weighted by atomic mass is 10.2. The van der Waals surface area contributed by atoms with Gasteiger partial charge in [-0.25, -0.2) is 0 Å². The number of carbonyl (C=O) groups excluding carboxylic acids is 4. The van der Waals surface area contributed by atoms with Crippen LogP contribution in [0.15, 0.2) is 76.6 Å². The molecule has 2 aromatic rings. The summed E-state index contributed by atoms with van der Waals surface area (Å²) in [6.07, 6.45) is 1.80. The van der Waals surface area contributed by atoms with Gasteiger partial charge in [-0.05, 0) is 67.6 Å². The van der Waals surface area contributed by atoms with E-state index in [0.717, 1.165) is 21.2 Å². The van der Waals surface area contributed by atoms with Crippen molar-refractivity contribution in [3.8, 4) is 0 Å². The Labute approximate surface area is 251 Å². The van der Waals surface area contributed by atoms with Gasteiger partial charge in [0.25, 0.3) is 0 Å². The number of anilines is 2. The van der Waals surface area contributed by atoms with Gasteiger partial charge in [0.05, 0.1) is 35.3 Å². The van der Waals surface area contributed by atoms with E-state index in [2.05, 4.69) is 0 Å². The van der Waals surface area contributed by atoms with Crippen molar-refractivity contribution < 1.29 is 50.6 Å². The number of carboxylic acids is 4. The number of carbonyl (C=O) groups is 4. The summed E-state index contributed by atoms with van der Waals surface area (Å²) in [7, 11) is 0. The van der Waals surface area contributed by atoms with Gasteiger partial charge >= 0.3 is 0 Å². The monoisotopic (exact) mass is 595 g/mol. The molecule has 0 atom stereocenters. The predicted octanol–water partition coefficient (Wildman–Crippen LogP) is -1.68. The number of para-hydroxylation sites is 1. The average molecular weight is 596 g/mol. The van der Waals surface area contributed by atoms with Gasteiger partial charge in [0.1, 0.15) is 0 Å². The molecule has 1 saturated heterocycles. The number of fused-ring (bicyclic) bond motifs is 2. The number of rotatable bonds is 8. The van der Waals surface area contributed by atoms with Gasteiger partial charge in [0.15, 0.2) is 0 Å². The third-order valence-corrected chi connectivity index (χ3v) is 5.93. The fourth-order valence-electron chi connectivity index (χ4n) is 3.06. The van der Waals surface area contributed by atoms with E-state index in [1.54, 1.807) is 11.8 Å². The quantitative estimate of drug-likeness (QED) is 0.343.